The van der Waals surface area contributed by atoms with Gasteiger partial charge >= 0.3 is 0 Å². The van der Waals surface area contributed by atoms with Crippen LogP contribution in [-0.4, -0.2) is 20.9 Å². The Kier molecular flexibility index (Phi) is 5.20. The van der Waals surface area contributed by atoms with Gasteiger partial charge < -0.3 is 10.6 Å². The number of aryl methyl sites for hydroxylation is 1. The molecular weight excluding hydrogens is 338 g/mol. The van der Waals surface area contributed by atoms with Gasteiger partial charge in [0.15, 0.2) is 0 Å². The van der Waals surface area contributed by atoms with E-state index in [1.54, 1.807) is 24.5 Å². The van der Waals surface area contributed by atoms with Crippen molar-refractivity contribution in [2.24, 2.45) is 0 Å². The van der Waals surface area contributed by atoms with E-state index in [9.17, 15) is 4.79 Å². The quantitative estimate of drug-likeness (QED) is 0.731. The molecule has 0 spiro atoms. The molecule has 0 saturated heterocycles. The van der Waals surface area contributed by atoms with Crippen molar-refractivity contribution in [2.75, 3.05) is 10.6 Å². The van der Waals surface area contributed by atoms with E-state index in [4.69, 9.17) is 11.6 Å². The van der Waals surface area contributed by atoms with Crippen LogP contribution in [0, 0.1) is 6.92 Å². The van der Waals surface area contributed by atoms with E-state index in [1.165, 1.54) is 12.4 Å². The second-order valence-electron chi connectivity index (χ2n) is 5.42. The molecule has 0 saturated carbocycles. The molecule has 6 nitrogen and oxygen atoms in total. The zero-order chi connectivity index (χ0) is 17.6. The molecular formula is C18H16ClN5O. The molecule has 0 fully saturated rings. The normalized spacial score (nSPS) is 10.3. The summed E-state index contributed by atoms with van der Waals surface area (Å²) in [5, 5.41) is 6.48. The van der Waals surface area contributed by atoms with Gasteiger partial charge in [0, 0.05) is 29.6 Å². The number of amides is 1. The number of carbonyl (C=O) groups excluding carboxylic acids is 1. The lowest BCUT2D eigenvalue weighted by Gasteiger charge is -2.09. The average Bonchev–Trinajstić information content (AvgIpc) is 2.64. The van der Waals surface area contributed by atoms with Gasteiger partial charge in [0.05, 0.1) is 12.4 Å². The van der Waals surface area contributed by atoms with Crippen molar-refractivity contribution in [2.45, 2.75) is 13.5 Å². The standard InChI is InChI=1S/C18H16ClN5O/c1-12-4-5-14(19)7-15(12)24-18(25)16-10-23-17(11-21-16)22-9-13-3-2-6-20-8-13/h2-8,10-11H,9H2,1H3,(H,22,23)(H,24,25). The Balaban J connectivity index is 1.63. The fourth-order valence-corrected chi connectivity index (χ4v) is 2.32. The Bertz CT molecular complexity index is 868. The predicted molar refractivity (Wildman–Crippen MR) is 97.7 cm³/mol. The van der Waals surface area contributed by atoms with E-state index in [2.05, 4.69) is 25.6 Å². The number of aromatic nitrogens is 3. The number of anilines is 2. The molecule has 0 aliphatic heterocycles. The molecule has 0 aliphatic carbocycles. The smallest absolute Gasteiger partial charge is 0.275 e. The number of halogens is 1. The predicted octanol–water partition coefficient (Wildman–Crippen LogP) is 3.70. The highest BCUT2D eigenvalue weighted by molar-refractivity contribution is 6.31. The van der Waals surface area contributed by atoms with Gasteiger partial charge in [0.1, 0.15) is 11.5 Å². The molecule has 0 bridgehead atoms. The van der Waals surface area contributed by atoms with E-state index in [1.807, 2.05) is 25.1 Å². The maximum atomic E-state index is 12.3. The molecule has 126 valence electrons. The molecule has 3 rings (SSSR count). The summed E-state index contributed by atoms with van der Waals surface area (Å²) in [6.45, 7) is 2.47. The Morgan fingerprint density at radius 1 is 1.16 bits per heavy atom. The lowest BCUT2D eigenvalue weighted by Crippen LogP contribution is -2.15. The Morgan fingerprint density at radius 2 is 2.04 bits per heavy atom. The van der Waals surface area contributed by atoms with Crippen LogP contribution >= 0.6 is 11.6 Å². The highest BCUT2D eigenvalue weighted by atomic mass is 35.5. The van der Waals surface area contributed by atoms with Crippen molar-refractivity contribution in [1.29, 1.82) is 0 Å². The molecule has 0 unspecified atom stereocenters. The van der Waals surface area contributed by atoms with Crippen LogP contribution in [-0.2, 0) is 6.54 Å². The maximum Gasteiger partial charge on any atom is 0.275 e. The minimum atomic E-state index is -0.336. The molecule has 7 heteroatoms. The fraction of sp³-hybridized carbons (Fsp3) is 0.111. The van der Waals surface area contributed by atoms with Crippen LogP contribution in [0.2, 0.25) is 5.02 Å². The molecule has 0 aliphatic rings. The van der Waals surface area contributed by atoms with Crippen molar-refractivity contribution >= 4 is 29.0 Å². The zero-order valence-corrected chi connectivity index (χ0v) is 14.3. The zero-order valence-electron chi connectivity index (χ0n) is 13.5. The molecule has 0 radical (unpaired) electrons. The monoisotopic (exact) mass is 353 g/mol. The SMILES string of the molecule is Cc1ccc(Cl)cc1NC(=O)c1cnc(NCc2cccnc2)cn1. The van der Waals surface area contributed by atoms with Crippen molar-refractivity contribution in [3.05, 3.63) is 77.0 Å². The van der Waals surface area contributed by atoms with E-state index < -0.39 is 0 Å². The number of hydrogen-bond donors (Lipinski definition) is 2. The molecule has 25 heavy (non-hydrogen) atoms. The van der Waals surface area contributed by atoms with E-state index >= 15 is 0 Å². The molecule has 1 amide bonds. The van der Waals surface area contributed by atoms with Crippen LogP contribution in [0.5, 0.6) is 0 Å². The molecule has 2 aromatic heterocycles. The highest BCUT2D eigenvalue weighted by Crippen LogP contribution is 2.20. The summed E-state index contributed by atoms with van der Waals surface area (Å²) >= 11 is 5.96. The van der Waals surface area contributed by atoms with E-state index in [0.29, 0.717) is 23.1 Å². The molecule has 1 aromatic carbocycles. The fourth-order valence-electron chi connectivity index (χ4n) is 2.15. The third kappa shape index (κ3) is 4.51. The van der Waals surface area contributed by atoms with E-state index in [-0.39, 0.29) is 11.6 Å². The van der Waals surface area contributed by atoms with Crippen LogP contribution in [0.1, 0.15) is 21.6 Å². The number of hydrogen-bond acceptors (Lipinski definition) is 5. The van der Waals surface area contributed by atoms with Crippen molar-refractivity contribution in [3.8, 4) is 0 Å². The summed E-state index contributed by atoms with van der Waals surface area (Å²) in [6.07, 6.45) is 6.45. The summed E-state index contributed by atoms with van der Waals surface area (Å²) in [5.74, 6) is 0.246. The average molecular weight is 354 g/mol. The number of nitrogens with zero attached hydrogens (tertiary/aromatic N) is 3. The van der Waals surface area contributed by atoms with Gasteiger partial charge in [-0.25, -0.2) is 9.97 Å². The minimum Gasteiger partial charge on any atom is -0.365 e. The van der Waals surface area contributed by atoms with Gasteiger partial charge in [0.25, 0.3) is 5.91 Å². The first-order valence-electron chi connectivity index (χ1n) is 7.64. The topological polar surface area (TPSA) is 79.8 Å². The number of nitrogens with one attached hydrogen (secondary N) is 2. The summed E-state index contributed by atoms with van der Waals surface area (Å²) in [6, 6.07) is 9.15. The van der Waals surface area contributed by atoms with Crippen molar-refractivity contribution < 1.29 is 4.79 Å². The van der Waals surface area contributed by atoms with Crippen LogP contribution in [0.25, 0.3) is 0 Å². The van der Waals surface area contributed by atoms with Gasteiger partial charge in [-0.15, -0.1) is 0 Å². The van der Waals surface area contributed by atoms with Crippen molar-refractivity contribution in [3.63, 3.8) is 0 Å². The van der Waals surface area contributed by atoms with Gasteiger partial charge in [-0.05, 0) is 36.2 Å². The lowest BCUT2D eigenvalue weighted by atomic mass is 10.2. The largest absolute Gasteiger partial charge is 0.365 e. The minimum absolute atomic E-state index is 0.228. The second-order valence-corrected chi connectivity index (χ2v) is 5.85. The third-order valence-corrected chi connectivity index (χ3v) is 3.76. The summed E-state index contributed by atoms with van der Waals surface area (Å²) in [5.41, 5.74) is 2.83. The summed E-state index contributed by atoms with van der Waals surface area (Å²) in [4.78, 5) is 24.7. The Hall–Kier alpha value is -2.99. The van der Waals surface area contributed by atoms with Crippen LogP contribution in [0.15, 0.2) is 55.1 Å². The third-order valence-electron chi connectivity index (χ3n) is 3.53. The van der Waals surface area contributed by atoms with Crippen LogP contribution < -0.4 is 10.6 Å². The van der Waals surface area contributed by atoms with Gasteiger partial charge in [-0.3, -0.25) is 9.78 Å². The first kappa shape index (κ1) is 16.9. The van der Waals surface area contributed by atoms with Crippen LogP contribution in [0.3, 0.4) is 0 Å². The lowest BCUT2D eigenvalue weighted by molar-refractivity contribution is 0.102. The van der Waals surface area contributed by atoms with Gasteiger partial charge in [-0.2, -0.15) is 0 Å². The Morgan fingerprint density at radius 3 is 2.76 bits per heavy atom. The first-order valence-corrected chi connectivity index (χ1v) is 8.02. The van der Waals surface area contributed by atoms with Gasteiger partial charge in [0.2, 0.25) is 0 Å². The van der Waals surface area contributed by atoms with E-state index in [0.717, 1.165) is 11.1 Å². The number of rotatable bonds is 5. The molecule has 0 atom stereocenters. The second kappa shape index (κ2) is 7.72. The number of benzene rings is 1. The van der Waals surface area contributed by atoms with Gasteiger partial charge in [-0.1, -0.05) is 23.7 Å². The van der Waals surface area contributed by atoms with Crippen LogP contribution in [0.4, 0.5) is 11.5 Å². The summed E-state index contributed by atoms with van der Waals surface area (Å²) in [7, 11) is 0. The maximum absolute atomic E-state index is 12.3. The molecule has 3 aromatic rings. The Labute approximate surface area is 150 Å². The number of pyridine rings is 1. The van der Waals surface area contributed by atoms with Crippen molar-refractivity contribution in [1.82, 2.24) is 15.0 Å². The first-order chi connectivity index (χ1) is 12.1. The molecule has 2 heterocycles. The summed E-state index contributed by atoms with van der Waals surface area (Å²) < 4.78 is 0. The molecule has 2 N–H and O–H groups in total. The number of carbonyl (C=O) groups is 1. The highest BCUT2D eigenvalue weighted by Gasteiger charge is 2.10.